The fourth-order valence-corrected chi connectivity index (χ4v) is 2.71. The summed E-state index contributed by atoms with van der Waals surface area (Å²) in [7, 11) is 1.37. The molecule has 6 heteroatoms. The molecule has 1 amide bonds. The van der Waals surface area contributed by atoms with Crippen LogP contribution in [0.1, 0.15) is 15.9 Å². The lowest BCUT2D eigenvalue weighted by Crippen LogP contribution is -2.30. The number of carbonyl (C=O) groups excluding carboxylic acids is 2. The van der Waals surface area contributed by atoms with Gasteiger partial charge in [-0.25, -0.2) is 4.39 Å². The third-order valence-corrected chi connectivity index (χ3v) is 4.26. The lowest BCUT2D eigenvalue weighted by Gasteiger charge is -2.08. The molecule has 5 nitrogen and oxygen atoms in total. The number of nitrogens with one attached hydrogen (secondary N) is 1. The Labute approximate surface area is 168 Å². The maximum absolute atomic E-state index is 13.6. The van der Waals surface area contributed by atoms with Crippen molar-refractivity contribution >= 4 is 11.9 Å². The number of esters is 1. The van der Waals surface area contributed by atoms with Crippen LogP contribution < -0.4 is 10.1 Å². The second kappa shape index (κ2) is 9.50. The van der Waals surface area contributed by atoms with Crippen LogP contribution in [0.25, 0.3) is 11.1 Å². The smallest absolute Gasteiger partial charge is 0.325 e. The van der Waals surface area contributed by atoms with Crippen molar-refractivity contribution in [1.29, 1.82) is 0 Å². The number of benzene rings is 3. The van der Waals surface area contributed by atoms with E-state index >= 15 is 0 Å². The van der Waals surface area contributed by atoms with Gasteiger partial charge < -0.3 is 14.8 Å². The Hall–Kier alpha value is -3.67. The molecule has 3 aromatic rings. The SMILES string of the molecule is COc1ccc(COC(=O)CNC(=O)c2ccc(-c3ccccc3)cc2)cc1F. The Morgan fingerprint density at radius 1 is 0.931 bits per heavy atom. The molecule has 0 bridgehead atoms. The van der Waals surface area contributed by atoms with Gasteiger partial charge in [0.05, 0.1) is 7.11 Å². The molecule has 0 heterocycles. The van der Waals surface area contributed by atoms with Gasteiger partial charge in [0.2, 0.25) is 0 Å². The molecule has 0 fully saturated rings. The van der Waals surface area contributed by atoms with Gasteiger partial charge in [-0.2, -0.15) is 0 Å². The number of ether oxygens (including phenoxy) is 2. The first kappa shape index (κ1) is 20.1. The maximum Gasteiger partial charge on any atom is 0.325 e. The zero-order chi connectivity index (χ0) is 20.6. The van der Waals surface area contributed by atoms with Crippen LogP contribution >= 0.6 is 0 Å². The monoisotopic (exact) mass is 393 g/mol. The molecule has 1 N–H and O–H groups in total. The molecule has 0 saturated heterocycles. The minimum atomic E-state index is -0.615. The van der Waals surface area contributed by atoms with E-state index in [1.54, 1.807) is 18.2 Å². The fourth-order valence-electron chi connectivity index (χ4n) is 2.71. The summed E-state index contributed by atoms with van der Waals surface area (Å²) in [4.78, 5) is 24.0. The molecule has 0 aliphatic rings. The normalized spacial score (nSPS) is 10.3. The minimum absolute atomic E-state index is 0.0958. The number of hydrogen-bond donors (Lipinski definition) is 1. The largest absolute Gasteiger partial charge is 0.494 e. The molecule has 148 valence electrons. The second-order valence-corrected chi connectivity index (χ2v) is 6.26. The summed E-state index contributed by atoms with van der Waals surface area (Å²) in [6.07, 6.45) is 0. The highest BCUT2D eigenvalue weighted by molar-refractivity contribution is 5.96. The van der Waals surface area contributed by atoms with E-state index in [1.807, 2.05) is 42.5 Å². The summed E-state index contributed by atoms with van der Waals surface area (Å²) in [5.41, 5.74) is 2.97. The lowest BCUT2D eigenvalue weighted by atomic mass is 10.0. The predicted molar refractivity (Wildman–Crippen MR) is 107 cm³/mol. The average Bonchev–Trinajstić information content (AvgIpc) is 2.77. The Balaban J connectivity index is 1.48. The second-order valence-electron chi connectivity index (χ2n) is 6.26. The van der Waals surface area contributed by atoms with Crippen molar-refractivity contribution in [2.75, 3.05) is 13.7 Å². The number of hydrogen-bond acceptors (Lipinski definition) is 4. The lowest BCUT2D eigenvalue weighted by molar-refractivity contribution is -0.143. The van der Waals surface area contributed by atoms with Gasteiger partial charge in [-0.3, -0.25) is 9.59 Å². The molecule has 0 saturated carbocycles. The minimum Gasteiger partial charge on any atom is -0.494 e. The number of carbonyl (C=O) groups is 2. The average molecular weight is 393 g/mol. The van der Waals surface area contributed by atoms with Crippen LogP contribution in [0.2, 0.25) is 0 Å². The zero-order valence-corrected chi connectivity index (χ0v) is 15.9. The summed E-state index contributed by atoms with van der Waals surface area (Å²) < 4.78 is 23.5. The van der Waals surface area contributed by atoms with E-state index in [0.717, 1.165) is 11.1 Å². The summed E-state index contributed by atoms with van der Waals surface area (Å²) in [5.74, 6) is -1.41. The third-order valence-electron chi connectivity index (χ3n) is 4.26. The third kappa shape index (κ3) is 5.42. The molecule has 0 aliphatic heterocycles. The molecule has 0 radical (unpaired) electrons. The Morgan fingerprint density at radius 3 is 2.28 bits per heavy atom. The number of methoxy groups -OCH3 is 1. The van der Waals surface area contributed by atoms with E-state index < -0.39 is 11.8 Å². The quantitative estimate of drug-likeness (QED) is 0.617. The highest BCUT2D eigenvalue weighted by Gasteiger charge is 2.10. The first-order chi connectivity index (χ1) is 14.1. The Bertz CT molecular complexity index is 988. The molecule has 0 unspecified atom stereocenters. The van der Waals surface area contributed by atoms with Crippen LogP contribution in [0.3, 0.4) is 0 Å². The predicted octanol–water partition coefficient (Wildman–Crippen LogP) is 3.97. The molecular weight excluding hydrogens is 373 g/mol. The highest BCUT2D eigenvalue weighted by Crippen LogP contribution is 2.19. The topological polar surface area (TPSA) is 64.6 Å². The van der Waals surface area contributed by atoms with Gasteiger partial charge in [0.15, 0.2) is 11.6 Å². The van der Waals surface area contributed by atoms with Crippen LogP contribution in [0.4, 0.5) is 4.39 Å². The van der Waals surface area contributed by atoms with E-state index in [2.05, 4.69) is 5.32 Å². The summed E-state index contributed by atoms with van der Waals surface area (Å²) >= 11 is 0. The van der Waals surface area contributed by atoms with Gasteiger partial charge in [-0.1, -0.05) is 48.5 Å². The standard InChI is InChI=1S/C23H20FNO4/c1-28-21-12-7-16(13-20(21)24)15-29-22(26)14-25-23(27)19-10-8-18(9-11-19)17-5-3-2-4-6-17/h2-13H,14-15H2,1H3,(H,25,27). The zero-order valence-electron chi connectivity index (χ0n) is 15.9. The van der Waals surface area contributed by atoms with Crippen LogP contribution in [0.15, 0.2) is 72.8 Å². The molecule has 29 heavy (non-hydrogen) atoms. The maximum atomic E-state index is 13.6. The van der Waals surface area contributed by atoms with Crippen molar-refractivity contribution in [1.82, 2.24) is 5.32 Å². The molecule has 0 aliphatic carbocycles. The Kier molecular flexibility index (Phi) is 6.58. The van der Waals surface area contributed by atoms with Crippen LogP contribution in [0.5, 0.6) is 5.75 Å². The number of rotatable bonds is 7. The summed E-state index contributed by atoms with van der Waals surface area (Å²) in [5, 5.41) is 2.52. The Morgan fingerprint density at radius 2 is 1.62 bits per heavy atom. The molecule has 3 rings (SSSR count). The van der Waals surface area contributed by atoms with E-state index in [9.17, 15) is 14.0 Å². The molecular formula is C23H20FNO4. The molecule has 0 atom stereocenters. The van der Waals surface area contributed by atoms with Crippen LogP contribution in [-0.4, -0.2) is 25.5 Å². The van der Waals surface area contributed by atoms with Crippen molar-refractivity contribution in [3.8, 4) is 16.9 Å². The summed E-state index contributed by atoms with van der Waals surface area (Å²) in [6.45, 7) is -0.376. The first-order valence-corrected chi connectivity index (χ1v) is 8.98. The summed E-state index contributed by atoms with van der Waals surface area (Å²) in [6, 6.07) is 21.2. The van der Waals surface area contributed by atoms with Crippen LogP contribution in [-0.2, 0) is 16.1 Å². The molecule has 0 spiro atoms. The van der Waals surface area contributed by atoms with E-state index in [-0.39, 0.29) is 24.8 Å². The van der Waals surface area contributed by atoms with Gasteiger partial charge in [0.1, 0.15) is 13.2 Å². The fraction of sp³-hybridized carbons (Fsp3) is 0.130. The van der Waals surface area contributed by atoms with Crippen molar-refractivity contribution in [2.45, 2.75) is 6.61 Å². The highest BCUT2D eigenvalue weighted by atomic mass is 19.1. The van der Waals surface area contributed by atoms with Gasteiger partial charge in [0, 0.05) is 5.56 Å². The van der Waals surface area contributed by atoms with Gasteiger partial charge in [0.25, 0.3) is 5.91 Å². The van der Waals surface area contributed by atoms with Gasteiger partial charge >= 0.3 is 5.97 Å². The first-order valence-electron chi connectivity index (χ1n) is 8.98. The number of halogens is 1. The molecule has 3 aromatic carbocycles. The van der Waals surface area contributed by atoms with Crippen molar-refractivity contribution in [2.24, 2.45) is 0 Å². The van der Waals surface area contributed by atoms with Gasteiger partial charge in [-0.05, 0) is 41.0 Å². The van der Waals surface area contributed by atoms with Gasteiger partial charge in [-0.15, -0.1) is 0 Å². The van der Waals surface area contributed by atoms with E-state index in [1.165, 1.54) is 19.2 Å². The van der Waals surface area contributed by atoms with E-state index in [4.69, 9.17) is 9.47 Å². The van der Waals surface area contributed by atoms with Crippen molar-refractivity contribution in [3.05, 3.63) is 89.7 Å². The molecule has 0 aromatic heterocycles. The van der Waals surface area contributed by atoms with Crippen molar-refractivity contribution in [3.63, 3.8) is 0 Å². The van der Waals surface area contributed by atoms with E-state index in [0.29, 0.717) is 11.1 Å². The number of amides is 1. The van der Waals surface area contributed by atoms with Crippen LogP contribution in [0, 0.1) is 5.82 Å². The van der Waals surface area contributed by atoms with Crippen molar-refractivity contribution < 1.29 is 23.5 Å².